The summed E-state index contributed by atoms with van der Waals surface area (Å²) in [4.78, 5) is 13.1. The first-order valence-corrected chi connectivity index (χ1v) is 8.75. The van der Waals surface area contributed by atoms with Crippen LogP contribution in [-0.4, -0.2) is 19.5 Å². The van der Waals surface area contributed by atoms with Gasteiger partial charge >= 0.3 is 0 Å². The summed E-state index contributed by atoms with van der Waals surface area (Å²) < 4.78 is 1.96. The summed E-state index contributed by atoms with van der Waals surface area (Å²) in [6.07, 6.45) is 7.27. The van der Waals surface area contributed by atoms with Gasteiger partial charge in [-0.2, -0.15) is 4.98 Å². The number of benzene rings is 2. The lowest BCUT2D eigenvalue weighted by molar-refractivity contribution is 1.05. The molecule has 6 heteroatoms. The Hall–Kier alpha value is -3.67. The SMILES string of the molecule is Cc1cnc(Nc2ccc(-n3ccnc3)cc2)nc1NCc1ccccc1. The molecule has 0 saturated heterocycles. The molecule has 4 aromatic rings. The van der Waals surface area contributed by atoms with Crippen LogP contribution in [0.2, 0.25) is 0 Å². The molecule has 0 saturated carbocycles. The first-order chi connectivity index (χ1) is 13.3. The first-order valence-electron chi connectivity index (χ1n) is 8.75. The van der Waals surface area contributed by atoms with E-state index in [1.165, 1.54) is 5.56 Å². The van der Waals surface area contributed by atoms with Crippen LogP contribution in [0.4, 0.5) is 17.5 Å². The molecule has 0 atom stereocenters. The number of aromatic nitrogens is 4. The van der Waals surface area contributed by atoms with Crippen LogP contribution in [0, 0.1) is 6.92 Å². The molecule has 2 aromatic heterocycles. The highest BCUT2D eigenvalue weighted by molar-refractivity contribution is 5.57. The van der Waals surface area contributed by atoms with Crippen LogP contribution in [0.15, 0.2) is 79.5 Å². The van der Waals surface area contributed by atoms with E-state index in [0.717, 1.165) is 29.3 Å². The van der Waals surface area contributed by atoms with Crippen LogP contribution in [0.25, 0.3) is 5.69 Å². The summed E-state index contributed by atoms with van der Waals surface area (Å²) in [6, 6.07) is 18.3. The van der Waals surface area contributed by atoms with Crippen LogP contribution in [0.5, 0.6) is 0 Å². The highest BCUT2D eigenvalue weighted by Crippen LogP contribution is 2.19. The average molecular weight is 356 g/mol. The molecule has 0 bridgehead atoms. The number of hydrogen-bond acceptors (Lipinski definition) is 5. The van der Waals surface area contributed by atoms with Crippen molar-refractivity contribution in [2.75, 3.05) is 10.6 Å². The minimum atomic E-state index is 0.562. The molecule has 0 spiro atoms. The number of aryl methyl sites for hydroxylation is 1. The molecule has 4 rings (SSSR count). The molecule has 27 heavy (non-hydrogen) atoms. The maximum Gasteiger partial charge on any atom is 0.229 e. The molecule has 6 nitrogen and oxygen atoms in total. The van der Waals surface area contributed by atoms with Crippen LogP contribution < -0.4 is 10.6 Å². The van der Waals surface area contributed by atoms with Gasteiger partial charge in [-0.15, -0.1) is 0 Å². The normalized spacial score (nSPS) is 10.6. The molecule has 0 aliphatic carbocycles. The van der Waals surface area contributed by atoms with E-state index in [0.29, 0.717) is 5.95 Å². The van der Waals surface area contributed by atoms with Crippen molar-refractivity contribution >= 4 is 17.5 Å². The van der Waals surface area contributed by atoms with Crippen molar-refractivity contribution in [3.8, 4) is 5.69 Å². The van der Waals surface area contributed by atoms with Crippen molar-refractivity contribution in [3.63, 3.8) is 0 Å². The Morgan fingerprint density at radius 3 is 2.56 bits per heavy atom. The topological polar surface area (TPSA) is 67.7 Å². The van der Waals surface area contributed by atoms with E-state index in [-0.39, 0.29) is 0 Å². The molecule has 2 aromatic carbocycles. The quantitative estimate of drug-likeness (QED) is 0.538. The van der Waals surface area contributed by atoms with Gasteiger partial charge in [0.25, 0.3) is 0 Å². The summed E-state index contributed by atoms with van der Waals surface area (Å²) >= 11 is 0. The van der Waals surface area contributed by atoms with Crippen molar-refractivity contribution in [1.82, 2.24) is 19.5 Å². The predicted octanol–water partition coefficient (Wildman–Crippen LogP) is 4.33. The van der Waals surface area contributed by atoms with Gasteiger partial charge in [0.1, 0.15) is 5.82 Å². The monoisotopic (exact) mass is 356 g/mol. The predicted molar refractivity (Wildman–Crippen MR) is 107 cm³/mol. The zero-order valence-electron chi connectivity index (χ0n) is 15.0. The molecule has 0 radical (unpaired) electrons. The van der Waals surface area contributed by atoms with Crippen LogP contribution in [-0.2, 0) is 6.54 Å². The maximum absolute atomic E-state index is 4.61. The molecule has 0 fully saturated rings. The number of nitrogens with zero attached hydrogens (tertiary/aromatic N) is 4. The number of nitrogens with one attached hydrogen (secondary N) is 2. The van der Waals surface area contributed by atoms with Crippen LogP contribution in [0.3, 0.4) is 0 Å². The fourth-order valence-corrected chi connectivity index (χ4v) is 2.72. The minimum Gasteiger partial charge on any atom is -0.366 e. The Kier molecular flexibility index (Phi) is 4.78. The van der Waals surface area contributed by atoms with Crippen molar-refractivity contribution in [2.24, 2.45) is 0 Å². The summed E-state index contributed by atoms with van der Waals surface area (Å²) in [5.41, 5.74) is 4.19. The second-order valence-electron chi connectivity index (χ2n) is 6.21. The highest BCUT2D eigenvalue weighted by Gasteiger charge is 2.05. The summed E-state index contributed by atoms with van der Waals surface area (Å²) in [5.74, 6) is 1.39. The summed E-state index contributed by atoms with van der Waals surface area (Å²) in [5, 5.41) is 6.64. The van der Waals surface area contributed by atoms with E-state index in [2.05, 4.69) is 37.7 Å². The van der Waals surface area contributed by atoms with Gasteiger partial charge in [0.05, 0.1) is 6.33 Å². The number of anilines is 3. The standard InChI is InChI=1S/C21H20N6/c1-16-13-24-21(26-20(16)23-14-17-5-3-2-4-6-17)25-18-7-9-19(10-8-18)27-12-11-22-15-27/h2-13,15H,14H2,1H3,(H2,23,24,25,26). The molecule has 0 aliphatic heterocycles. The van der Waals surface area contributed by atoms with Crippen molar-refractivity contribution < 1.29 is 0 Å². The Morgan fingerprint density at radius 1 is 1.00 bits per heavy atom. The van der Waals surface area contributed by atoms with Gasteiger partial charge in [-0.3, -0.25) is 0 Å². The Labute approximate surface area is 158 Å². The van der Waals surface area contributed by atoms with Gasteiger partial charge in [0.2, 0.25) is 5.95 Å². The van der Waals surface area contributed by atoms with Gasteiger partial charge in [0, 0.05) is 42.1 Å². The van der Waals surface area contributed by atoms with E-state index in [4.69, 9.17) is 0 Å². The Bertz CT molecular complexity index is 995. The molecule has 2 heterocycles. The lowest BCUT2D eigenvalue weighted by Crippen LogP contribution is -2.06. The number of rotatable bonds is 6. The second-order valence-corrected chi connectivity index (χ2v) is 6.21. The van der Waals surface area contributed by atoms with Gasteiger partial charge in [-0.1, -0.05) is 30.3 Å². The van der Waals surface area contributed by atoms with Crippen molar-refractivity contribution in [3.05, 3.63) is 90.6 Å². The van der Waals surface area contributed by atoms with E-state index in [1.54, 1.807) is 12.5 Å². The summed E-state index contributed by atoms with van der Waals surface area (Å²) in [6.45, 7) is 2.72. The van der Waals surface area contributed by atoms with Gasteiger partial charge in [-0.25, -0.2) is 9.97 Å². The van der Waals surface area contributed by atoms with Crippen molar-refractivity contribution in [2.45, 2.75) is 13.5 Å². The summed E-state index contributed by atoms with van der Waals surface area (Å²) in [7, 11) is 0. The van der Waals surface area contributed by atoms with Crippen LogP contribution >= 0.6 is 0 Å². The smallest absolute Gasteiger partial charge is 0.229 e. The molecule has 2 N–H and O–H groups in total. The fraction of sp³-hybridized carbons (Fsp3) is 0.0952. The molecule has 134 valence electrons. The minimum absolute atomic E-state index is 0.562. The lowest BCUT2D eigenvalue weighted by atomic mass is 10.2. The zero-order valence-corrected chi connectivity index (χ0v) is 15.0. The van der Waals surface area contributed by atoms with E-state index in [9.17, 15) is 0 Å². The Morgan fingerprint density at radius 2 is 1.81 bits per heavy atom. The van der Waals surface area contributed by atoms with Gasteiger partial charge in [-0.05, 0) is 36.8 Å². The fourth-order valence-electron chi connectivity index (χ4n) is 2.72. The second kappa shape index (κ2) is 7.70. The molecular weight excluding hydrogens is 336 g/mol. The molecule has 0 unspecified atom stereocenters. The lowest BCUT2D eigenvalue weighted by Gasteiger charge is -2.11. The third-order valence-corrected chi connectivity index (χ3v) is 4.20. The van der Waals surface area contributed by atoms with Crippen LogP contribution in [0.1, 0.15) is 11.1 Å². The van der Waals surface area contributed by atoms with Gasteiger partial charge < -0.3 is 15.2 Å². The third kappa shape index (κ3) is 4.12. The molecular formula is C21H20N6. The largest absolute Gasteiger partial charge is 0.366 e. The molecule has 0 aliphatic rings. The average Bonchev–Trinajstić information content (AvgIpc) is 3.25. The first kappa shape index (κ1) is 16.8. The number of hydrogen-bond donors (Lipinski definition) is 2. The highest BCUT2D eigenvalue weighted by atomic mass is 15.1. The van der Waals surface area contributed by atoms with E-state index >= 15 is 0 Å². The maximum atomic E-state index is 4.61. The van der Waals surface area contributed by atoms with E-state index in [1.807, 2.05) is 66.3 Å². The van der Waals surface area contributed by atoms with Crippen molar-refractivity contribution in [1.29, 1.82) is 0 Å². The number of imidazole rings is 1. The van der Waals surface area contributed by atoms with E-state index < -0.39 is 0 Å². The Balaban J connectivity index is 1.46. The third-order valence-electron chi connectivity index (χ3n) is 4.20. The molecule has 0 amide bonds. The van der Waals surface area contributed by atoms with Gasteiger partial charge in [0.15, 0.2) is 0 Å². The zero-order chi connectivity index (χ0) is 18.5.